The summed E-state index contributed by atoms with van der Waals surface area (Å²) in [4.78, 5) is 4.84. The van der Waals surface area contributed by atoms with Crippen LogP contribution < -0.4 is 10.6 Å². The van der Waals surface area contributed by atoms with Gasteiger partial charge in [-0.15, -0.1) is 0 Å². The van der Waals surface area contributed by atoms with Crippen molar-refractivity contribution < 1.29 is 0 Å². The molecule has 5 rings (SSSR count). The molecular weight excluding hydrogens is 266 g/mol. The average Bonchev–Trinajstić information content (AvgIpc) is 3.06. The SMILES string of the molecule is Cc1ccc2c(c1C)-c1cc3c(cc1=N2)C=c1ccccc1=3. The first-order chi connectivity index (χ1) is 10.7. The van der Waals surface area contributed by atoms with Crippen molar-refractivity contribution in [2.45, 2.75) is 13.8 Å². The summed E-state index contributed by atoms with van der Waals surface area (Å²) in [6.07, 6.45) is 2.27. The molecule has 1 nitrogen and oxygen atoms in total. The van der Waals surface area contributed by atoms with Gasteiger partial charge in [-0.1, -0.05) is 30.3 Å². The Kier molecular flexibility index (Phi) is 2.14. The van der Waals surface area contributed by atoms with E-state index >= 15 is 0 Å². The van der Waals surface area contributed by atoms with Crippen LogP contribution >= 0.6 is 0 Å². The summed E-state index contributed by atoms with van der Waals surface area (Å²) in [5.74, 6) is 0. The molecule has 0 fully saturated rings. The molecule has 0 N–H and O–H groups in total. The van der Waals surface area contributed by atoms with Gasteiger partial charge in [0.2, 0.25) is 0 Å². The molecule has 0 amide bonds. The Morgan fingerprint density at radius 1 is 0.864 bits per heavy atom. The summed E-state index contributed by atoms with van der Waals surface area (Å²) in [6.45, 7) is 4.37. The fourth-order valence-corrected chi connectivity index (χ4v) is 3.65. The van der Waals surface area contributed by atoms with Crippen molar-refractivity contribution in [2.24, 2.45) is 4.99 Å². The monoisotopic (exact) mass is 281 g/mol. The largest absolute Gasteiger partial charge is 0.248 e. The Labute approximate surface area is 128 Å². The second-order valence-corrected chi connectivity index (χ2v) is 6.20. The summed E-state index contributed by atoms with van der Waals surface area (Å²) in [7, 11) is 0. The van der Waals surface area contributed by atoms with E-state index < -0.39 is 0 Å². The molecule has 0 spiro atoms. The lowest BCUT2D eigenvalue weighted by atomic mass is 9.95. The number of rotatable bonds is 0. The molecule has 0 aromatic heterocycles. The standard InChI is InChI=1S/C21H15N/c1-12-7-8-19-21(13(12)2)18-11-17-15(10-20(18)22-19)9-14-5-3-4-6-16(14)17/h3-11H,1-2H3. The molecule has 0 atom stereocenters. The third-order valence-electron chi connectivity index (χ3n) is 4.95. The number of nitrogens with zero attached hydrogens (tertiary/aromatic N) is 1. The highest BCUT2D eigenvalue weighted by Gasteiger charge is 2.18. The van der Waals surface area contributed by atoms with Crippen molar-refractivity contribution in [3.63, 3.8) is 0 Å². The van der Waals surface area contributed by atoms with E-state index in [0.29, 0.717) is 0 Å². The Hall–Kier alpha value is -2.67. The van der Waals surface area contributed by atoms with E-state index in [4.69, 9.17) is 4.99 Å². The molecule has 1 heteroatoms. The van der Waals surface area contributed by atoms with Crippen molar-refractivity contribution in [3.05, 3.63) is 86.2 Å². The second-order valence-electron chi connectivity index (χ2n) is 6.20. The first-order valence-electron chi connectivity index (χ1n) is 7.67. The van der Waals surface area contributed by atoms with E-state index in [1.807, 2.05) is 0 Å². The van der Waals surface area contributed by atoms with Crippen LogP contribution in [0.4, 0.5) is 5.69 Å². The minimum Gasteiger partial charge on any atom is -0.248 e. The highest BCUT2D eigenvalue weighted by Crippen LogP contribution is 2.37. The summed E-state index contributed by atoms with van der Waals surface area (Å²) >= 11 is 0. The van der Waals surface area contributed by atoms with Crippen LogP contribution in [0, 0.1) is 24.3 Å². The van der Waals surface area contributed by atoms with E-state index in [1.165, 1.54) is 43.5 Å². The van der Waals surface area contributed by atoms with Gasteiger partial charge in [0.05, 0.1) is 11.0 Å². The lowest BCUT2D eigenvalue weighted by molar-refractivity contribution is 1.34. The van der Waals surface area contributed by atoms with E-state index in [-0.39, 0.29) is 0 Å². The van der Waals surface area contributed by atoms with Crippen molar-refractivity contribution in [1.29, 1.82) is 0 Å². The Morgan fingerprint density at radius 2 is 1.73 bits per heavy atom. The van der Waals surface area contributed by atoms with Gasteiger partial charge >= 0.3 is 0 Å². The fourth-order valence-electron chi connectivity index (χ4n) is 3.65. The Balaban J connectivity index is 1.96. The van der Waals surface area contributed by atoms with E-state index in [0.717, 1.165) is 11.0 Å². The second kappa shape index (κ2) is 3.95. The van der Waals surface area contributed by atoms with Crippen LogP contribution in [0.5, 0.6) is 0 Å². The van der Waals surface area contributed by atoms with Gasteiger partial charge in [-0.2, -0.15) is 0 Å². The minimum atomic E-state index is 1.10. The topological polar surface area (TPSA) is 12.4 Å². The van der Waals surface area contributed by atoms with Crippen molar-refractivity contribution >= 4 is 11.8 Å². The maximum absolute atomic E-state index is 4.84. The molecule has 3 aromatic rings. The first kappa shape index (κ1) is 11.9. The summed E-state index contributed by atoms with van der Waals surface area (Å²) in [6, 6.07) is 17.5. The summed E-state index contributed by atoms with van der Waals surface area (Å²) < 4.78 is 0. The smallest absolute Gasteiger partial charge is 0.0722 e. The zero-order chi connectivity index (χ0) is 14.8. The minimum absolute atomic E-state index is 1.10. The molecule has 0 saturated carbocycles. The molecule has 0 saturated heterocycles. The molecule has 104 valence electrons. The third kappa shape index (κ3) is 1.41. The molecule has 22 heavy (non-hydrogen) atoms. The summed E-state index contributed by atoms with van der Waals surface area (Å²) in [5.41, 5.74) is 7.65. The number of benzene rings is 3. The normalized spacial score (nSPS) is 12.8. The van der Waals surface area contributed by atoms with Crippen LogP contribution in [0.1, 0.15) is 16.7 Å². The van der Waals surface area contributed by atoms with Crippen molar-refractivity contribution in [3.8, 4) is 11.1 Å². The summed E-state index contributed by atoms with van der Waals surface area (Å²) in [5, 5.41) is 5.08. The highest BCUT2D eigenvalue weighted by molar-refractivity contribution is 5.83. The lowest BCUT2D eigenvalue weighted by Crippen LogP contribution is -2.02. The predicted molar refractivity (Wildman–Crippen MR) is 89.5 cm³/mol. The first-order valence-corrected chi connectivity index (χ1v) is 7.67. The van der Waals surface area contributed by atoms with Gasteiger partial charge in [-0.3, -0.25) is 0 Å². The maximum atomic E-state index is 4.84. The molecule has 1 aliphatic carbocycles. The van der Waals surface area contributed by atoms with Crippen molar-refractivity contribution in [1.82, 2.24) is 0 Å². The van der Waals surface area contributed by atoms with E-state index in [9.17, 15) is 0 Å². The van der Waals surface area contributed by atoms with Gasteiger partial charge in [-0.25, -0.2) is 4.99 Å². The molecule has 0 unspecified atom stereocenters. The van der Waals surface area contributed by atoms with Crippen LogP contribution in [0.25, 0.3) is 17.2 Å². The number of hydrogen-bond acceptors (Lipinski definition) is 1. The van der Waals surface area contributed by atoms with Gasteiger partial charge in [0.15, 0.2) is 0 Å². The molecule has 2 aliphatic rings. The van der Waals surface area contributed by atoms with Crippen LogP contribution in [-0.2, 0) is 0 Å². The van der Waals surface area contributed by atoms with Gasteiger partial charge in [-0.05, 0) is 70.5 Å². The molecular formula is C21H15N. The van der Waals surface area contributed by atoms with Crippen LogP contribution in [0.15, 0.2) is 53.5 Å². The molecule has 3 aromatic carbocycles. The quantitative estimate of drug-likeness (QED) is 0.411. The van der Waals surface area contributed by atoms with Crippen molar-refractivity contribution in [2.75, 3.05) is 0 Å². The zero-order valence-electron chi connectivity index (χ0n) is 12.6. The molecule has 0 bridgehead atoms. The van der Waals surface area contributed by atoms with Crippen LogP contribution in [-0.4, -0.2) is 0 Å². The maximum Gasteiger partial charge on any atom is 0.0722 e. The van der Waals surface area contributed by atoms with Gasteiger partial charge in [0, 0.05) is 11.1 Å². The fraction of sp³-hybridized carbons (Fsp3) is 0.0952. The van der Waals surface area contributed by atoms with Crippen LogP contribution in [0.2, 0.25) is 0 Å². The van der Waals surface area contributed by atoms with Gasteiger partial charge < -0.3 is 0 Å². The molecule has 0 radical (unpaired) electrons. The Bertz CT molecular complexity index is 1180. The molecule has 1 heterocycles. The zero-order valence-corrected chi connectivity index (χ0v) is 12.6. The number of fused-ring (bicyclic) bond motifs is 5. The predicted octanol–water partition coefficient (Wildman–Crippen LogP) is 3.66. The number of aryl methyl sites for hydroxylation is 1. The van der Waals surface area contributed by atoms with E-state index in [1.54, 1.807) is 0 Å². The Morgan fingerprint density at radius 3 is 2.64 bits per heavy atom. The van der Waals surface area contributed by atoms with E-state index in [2.05, 4.69) is 68.5 Å². The third-order valence-corrected chi connectivity index (χ3v) is 4.95. The van der Waals surface area contributed by atoms with Gasteiger partial charge in [0.25, 0.3) is 0 Å². The molecule has 1 aliphatic heterocycles. The van der Waals surface area contributed by atoms with Gasteiger partial charge in [0.1, 0.15) is 0 Å². The average molecular weight is 281 g/mol. The van der Waals surface area contributed by atoms with Crippen LogP contribution in [0.3, 0.4) is 0 Å². The highest BCUT2D eigenvalue weighted by atomic mass is 14.8. The number of hydrogen-bond donors (Lipinski definition) is 0. The lowest BCUT2D eigenvalue weighted by Gasteiger charge is -2.07.